The third-order valence-corrected chi connectivity index (χ3v) is 3.99. The van der Waals surface area contributed by atoms with Crippen molar-refractivity contribution in [3.8, 4) is 0 Å². The van der Waals surface area contributed by atoms with Crippen LogP contribution in [0.4, 0.5) is 5.69 Å². The first-order valence-electron chi connectivity index (χ1n) is 8.19. The van der Waals surface area contributed by atoms with Gasteiger partial charge in [0.25, 0.3) is 0 Å². The lowest BCUT2D eigenvalue weighted by molar-refractivity contribution is 0.252. The van der Waals surface area contributed by atoms with Crippen LogP contribution >= 0.6 is 11.6 Å². The van der Waals surface area contributed by atoms with Crippen molar-refractivity contribution in [3.63, 3.8) is 0 Å². The fraction of sp³-hybridized carbons (Fsp3) is 0.667. The lowest BCUT2D eigenvalue weighted by atomic mass is 10.1. The Kier molecular flexibility index (Phi) is 8.79. The van der Waals surface area contributed by atoms with E-state index in [4.69, 9.17) is 11.6 Å². The number of benzene rings is 1. The predicted octanol–water partition coefficient (Wildman–Crippen LogP) is 5.15. The minimum atomic E-state index is 0.767. The molecule has 0 saturated heterocycles. The molecule has 0 aliphatic rings. The minimum absolute atomic E-state index is 0.767. The van der Waals surface area contributed by atoms with Gasteiger partial charge in [-0.1, -0.05) is 51.4 Å². The Hall–Kier alpha value is -0.730. The average Bonchev–Trinajstić information content (AvgIpc) is 2.42. The van der Waals surface area contributed by atoms with Crippen molar-refractivity contribution in [2.45, 2.75) is 40.5 Å². The molecule has 3 heteroatoms. The van der Waals surface area contributed by atoms with Gasteiger partial charge < -0.3 is 10.2 Å². The van der Waals surface area contributed by atoms with Gasteiger partial charge >= 0.3 is 0 Å². The highest BCUT2D eigenvalue weighted by atomic mass is 35.5. The molecule has 0 radical (unpaired) electrons. The van der Waals surface area contributed by atoms with Gasteiger partial charge in [0.1, 0.15) is 0 Å². The van der Waals surface area contributed by atoms with E-state index in [1.807, 2.05) is 24.3 Å². The van der Waals surface area contributed by atoms with Crippen molar-refractivity contribution < 1.29 is 0 Å². The summed E-state index contributed by atoms with van der Waals surface area (Å²) in [4.78, 5) is 2.57. The molecule has 1 N–H and O–H groups in total. The summed E-state index contributed by atoms with van der Waals surface area (Å²) in [5.41, 5.74) is 1.03. The van der Waals surface area contributed by atoms with E-state index in [-0.39, 0.29) is 0 Å². The Morgan fingerprint density at radius 2 is 1.52 bits per heavy atom. The number of hydrogen-bond acceptors (Lipinski definition) is 2. The highest BCUT2D eigenvalue weighted by Crippen LogP contribution is 2.20. The summed E-state index contributed by atoms with van der Waals surface area (Å²) in [6.45, 7) is 13.6. The van der Waals surface area contributed by atoms with E-state index in [0.29, 0.717) is 0 Å². The quantitative estimate of drug-likeness (QED) is 0.643. The van der Waals surface area contributed by atoms with Gasteiger partial charge in [-0.15, -0.1) is 0 Å². The van der Waals surface area contributed by atoms with Gasteiger partial charge in [0.15, 0.2) is 0 Å². The third kappa shape index (κ3) is 8.33. The van der Waals surface area contributed by atoms with Crippen LogP contribution in [0, 0.1) is 11.8 Å². The van der Waals surface area contributed by atoms with Crippen LogP contribution in [0.5, 0.6) is 0 Å². The molecule has 0 bridgehead atoms. The van der Waals surface area contributed by atoms with E-state index in [1.54, 1.807) is 0 Å². The molecule has 1 aromatic carbocycles. The summed E-state index contributed by atoms with van der Waals surface area (Å²) < 4.78 is 0. The molecule has 0 aromatic heterocycles. The molecule has 120 valence electrons. The summed E-state index contributed by atoms with van der Waals surface area (Å²) in [7, 11) is 0. The molecule has 0 amide bonds. The first-order chi connectivity index (χ1) is 9.99. The molecule has 1 aromatic rings. The Morgan fingerprint density at radius 3 is 2.05 bits per heavy atom. The molecule has 1 rings (SSSR count). The molecule has 0 aliphatic carbocycles. The van der Waals surface area contributed by atoms with Crippen LogP contribution in [0.15, 0.2) is 24.3 Å². The van der Waals surface area contributed by atoms with E-state index in [0.717, 1.165) is 35.6 Å². The number of nitrogens with zero attached hydrogens (tertiary/aromatic N) is 1. The molecule has 0 unspecified atom stereocenters. The number of para-hydroxylation sites is 1. The van der Waals surface area contributed by atoms with E-state index in [9.17, 15) is 0 Å². The zero-order valence-corrected chi connectivity index (χ0v) is 14.8. The maximum absolute atomic E-state index is 6.17. The first kappa shape index (κ1) is 18.3. The lowest BCUT2D eigenvalue weighted by Gasteiger charge is -2.24. The number of halogens is 1. The van der Waals surface area contributed by atoms with Crippen molar-refractivity contribution >= 4 is 17.3 Å². The third-order valence-electron chi connectivity index (χ3n) is 3.66. The van der Waals surface area contributed by atoms with Gasteiger partial charge in [0.2, 0.25) is 0 Å². The number of hydrogen-bond donors (Lipinski definition) is 1. The number of anilines is 1. The number of rotatable bonds is 10. The molecule has 0 atom stereocenters. The molecular weight excluding hydrogens is 280 g/mol. The monoisotopic (exact) mass is 310 g/mol. The average molecular weight is 311 g/mol. The van der Waals surface area contributed by atoms with Crippen LogP contribution in [0.25, 0.3) is 0 Å². The van der Waals surface area contributed by atoms with Crippen molar-refractivity contribution in [1.29, 1.82) is 0 Å². The lowest BCUT2D eigenvalue weighted by Crippen LogP contribution is -2.32. The van der Waals surface area contributed by atoms with Crippen LogP contribution in [0.3, 0.4) is 0 Å². The van der Waals surface area contributed by atoms with E-state index in [2.05, 4.69) is 37.9 Å². The van der Waals surface area contributed by atoms with Crippen molar-refractivity contribution in [2.75, 3.05) is 31.5 Å². The summed E-state index contributed by atoms with van der Waals surface area (Å²) >= 11 is 6.17. The zero-order valence-electron chi connectivity index (χ0n) is 14.0. The molecule has 0 saturated carbocycles. The standard InChI is InChI=1S/C18H31ClN2/c1-15(2)9-12-21(13-10-16(3)4)14-11-20-18-8-6-5-7-17(18)19/h5-8,15-16,20H,9-14H2,1-4H3. The summed E-state index contributed by atoms with van der Waals surface area (Å²) in [5.74, 6) is 1.53. The van der Waals surface area contributed by atoms with Crippen molar-refractivity contribution in [3.05, 3.63) is 29.3 Å². The second-order valence-electron chi connectivity index (χ2n) is 6.61. The van der Waals surface area contributed by atoms with Crippen molar-refractivity contribution in [2.24, 2.45) is 11.8 Å². The summed E-state index contributed by atoms with van der Waals surface area (Å²) in [5, 5.41) is 4.24. The molecular formula is C18H31ClN2. The Morgan fingerprint density at radius 1 is 0.952 bits per heavy atom. The first-order valence-corrected chi connectivity index (χ1v) is 8.57. The van der Waals surface area contributed by atoms with Crippen LogP contribution < -0.4 is 5.32 Å². The predicted molar refractivity (Wildman–Crippen MR) is 95.3 cm³/mol. The minimum Gasteiger partial charge on any atom is -0.383 e. The Balaban J connectivity index is 2.38. The molecule has 0 heterocycles. The molecule has 0 aliphatic heterocycles. The van der Waals surface area contributed by atoms with Gasteiger partial charge in [-0.3, -0.25) is 0 Å². The van der Waals surface area contributed by atoms with E-state index in [1.165, 1.54) is 25.9 Å². The van der Waals surface area contributed by atoms with Gasteiger partial charge in [0, 0.05) is 13.1 Å². The molecule has 0 fully saturated rings. The smallest absolute Gasteiger partial charge is 0.0637 e. The highest BCUT2D eigenvalue weighted by Gasteiger charge is 2.07. The van der Waals surface area contributed by atoms with Crippen LogP contribution in [-0.4, -0.2) is 31.1 Å². The highest BCUT2D eigenvalue weighted by molar-refractivity contribution is 6.33. The van der Waals surface area contributed by atoms with Gasteiger partial charge in [0.05, 0.1) is 10.7 Å². The fourth-order valence-corrected chi connectivity index (χ4v) is 2.37. The summed E-state index contributed by atoms with van der Waals surface area (Å²) in [6.07, 6.45) is 2.54. The fourth-order valence-electron chi connectivity index (χ4n) is 2.17. The second-order valence-corrected chi connectivity index (χ2v) is 7.02. The normalized spacial score (nSPS) is 11.6. The van der Waals surface area contributed by atoms with Crippen LogP contribution in [-0.2, 0) is 0 Å². The Bertz CT molecular complexity index is 379. The topological polar surface area (TPSA) is 15.3 Å². The molecule has 0 spiro atoms. The summed E-state index contributed by atoms with van der Waals surface area (Å²) in [6, 6.07) is 7.95. The SMILES string of the molecule is CC(C)CCN(CCNc1ccccc1Cl)CCC(C)C. The van der Waals surface area contributed by atoms with Crippen LogP contribution in [0.1, 0.15) is 40.5 Å². The number of nitrogens with one attached hydrogen (secondary N) is 1. The van der Waals surface area contributed by atoms with Crippen LogP contribution in [0.2, 0.25) is 5.02 Å². The van der Waals surface area contributed by atoms with E-state index >= 15 is 0 Å². The van der Waals surface area contributed by atoms with Gasteiger partial charge in [-0.05, 0) is 49.9 Å². The molecule has 2 nitrogen and oxygen atoms in total. The maximum atomic E-state index is 6.17. The van der Waals surface area contributed by atoms with Gasteiger partial charge in [-0.25, -0.2) is 0 Å². The second kappa shape index (κ2) is 10.1. The Labute approximate surface area is 135 Å². The van der Waals surface area contributed by atoms with Gasteiger partial charge in [-0.2, -0.15) is 0 Å². The molecule has 21 heavy (non-hydrogen) atoms. The largest absolute Gasteiger partial charge is 0.383 e. The maximum Gasteiger partial charge on any atom is 0.0637 e. The zero-order chi connectivity index (χ0) is 15.7. The van der Waals surface area contributed by atoms with Crippen molar-refractivity contribution in [1.82, 2.24) is 4.90 Å². The van der Waals surface area contributed by atoms with E-state index < -0.39 is 0 Å².